The Morgan fingerprint density at radius 1 is 1.36 bits per heavy atom. The number of H-pyrrole nitrogens is 1. The quantitative estimate of drug-likeness (QED) is 0.453. The average Bonchev–Trinajstić information content (AvgIpc) is 3.10. The zero-order chi connectivity index (χ0) is 19.9. The monoisotopic (exact) mass is 417 g/mol. The third-order valence-electron chi connectivity index (χ3n) is 3.52. The molecule has 28 heavy (non-hydrogen) atoms. The van der Waals surface area contributed by atoms with Crippen molar-refractivity contribution in [2.45, 2.75) is 0 Å². The molecular weight excluding hydrogens is 402 g/mol. The van der Waals surface area contributed by atoms with Gasteiger partial charge < -0.3 is 14.8 Å². The molecule has 0 aliphatic carbocycles. The van der Waals surface area contributed by atoms with Crippen molar-refractivity contribution < 1.29 is 14.3 Å². The van der Waals surface area contributed by atoms with Crippen molar-refractivity contribution in [2.24, 2.45) is 5.10 Å². The number of aromatic nitrogens is 3. The fraction of sp³-hybridized carbons (Fsp3) is 0.111. The predicted molar refractivity (Wildman–Crippen MR) is 109 cm³/mol. The molecule has 0 aliphatic heterocycles. The first-order chi connectivity index (χ1) is 13.5. The summed E-state index contributed by atoms with van der Waals surface area (Å²) in [4.78, 5) is 12.1. The molecule has 0 radical (unpaired) electrons. The Balaban J connectivity index is 1.64. The normalized spacial score (nSPS) is 10.8. The molecule has 0 saturated heterocycles. The van der Waals surface area contributed by atoms with Gasteiger partial charge in [-0.1, -0.05) is 17.7 Å². The summed E-state index contributed by atoms with van der Waals surface area (Å²) in [5.41, 5.74) is 1.35. The van der Waals surface area contributed by atoms with Gasteiger partial charge in [0, 0.05) is 10.7 Å². The summed E-state index contributed by atoms with van der Waals surface area (Å²) < 4.78 is 12.7. The molecule has 0 fully saturated rings. The third kappa shape index (κ3) is 5.18. The lowest BCUT2D eigenvalue weighted by molar-refractivity contribution is -0.118. The lowest BCUT2D eigenvalue weighted by Crippen LogP contribution is -2.20. The molecular formula is C18H16ClN5O3S. The number of aromatic amines is 1. The van der Waals surface area contributed by atoms with E-state index in [0.717, 1.165) is 5.56 Å². The Morgan fingerprint density at radius 3 is 2.93 bits per heavy atom. The molecule has 1 amide bonds. The van der Waals surface area contributed by atoms with Gasteiger partial charge in [0.05, 0.1) is 13.3 Å². The van der Waals surface area contributed by atoms with Crippen molar-refractivity contribution in [3.05, 3.63) is 64.1 Å². The molecule has 144 valence electrons. The first kappa shape index (κ1) is 19.6. The number of carbonyl (C=O) groups is 1. The minimum atomic E-state index is -0.315. The minimum absolute atomic E-state index is 0.180. The summed E-state index contributed by atoms with van der Waals surface area (Å²) in [5.74, 6) is 0.584. The maximum atomic E-state index is 12.1. The highest BCUT2D eigenvalue weighted by Gasteiger charge is 2.09. The molecule has 0 saturated carbocycles. The van der Waals surface area contributed by atoms with Crippen molar-refractivity contribution in [2.75, 3.05) is 19.0 Å². The Bertz CT molecular complexity index is 1060. The Labute approximate surface area is 170 Å². The van der Waals surface area contributed by atoms with E-state index in [1.165, 1.54) is 18.1 Å². The standard InChI is InChI=1S/C18H16ClN5O3S/c1-26-16-7-12(9-21-24-11-20-23-18(24)28)5-6-15(16)27-10-17(25)22-14-4-2-3-13(19)8-14/h2-9,11H,10H2,1H3,(H,22,25)(H,23,28)/b21-9+. The van der Waals surface area contributed by atoms with Crippen molar-refractivity contribution in [1.82, 2.24) is 14.9 Å². The van der Waals surface area contributed by atoms with E-state index in [-0.39, 0.29) is 12.5 Å². The first-order valence-electron chi connectivity index (χ1n) is 8.08. The van der Waals surface area contributed by atoms with Gasteiger partial charge in [-0.2, -0.15) is 14.9 Å². The van der Waals surface area contributed by atoms with E-state index < -0.39 is 0 Å². The van der Waals surface area contributed by atoms with Crippen LogP contribution in [0.25, 0.3) is 0 Å². The zero-order valence-electron chi connectivity index (χ0n) is 14.8. The fourth-order valence-electron chi connectivity index (χ4n) is 2.24. The number of carbonyl (C=O) groups excluding carboxylic acids is 1. The molecule has 0 spiro atoms. The van der Waals surface area contributed by atoms with Crippen molar-refractivity contribution in [3.8, 4) is 11.5 Å². The number of hydrogen-bond acceptors (Lipinski definition) is 6. The van der Waals surface area contributed by atoms with Crippen LogP contribution in [0, 0.1) is 4.77 Å². The molecule has 10 heteroatoms. The van der Waals surface area contributed by atoms with E-state index in [4.69, 9.17) is 33.3 Å². The van der Waals surface area contributed by atoms with E-state index in [1.807, 2.05) is 0 Å². The van der Waals surface area contributed by atoms with Gasteiger partial charge in [0.15, 0.2) is 18.1 Å². The topological polar surface area (TPSA) is 93.5 Å². The maximum Gasteiger partial charge on any atom is 0.262 e. The van der Waals surface area contributed by atoms with Gasteiger partial charge >= 0.3 is 0 Å². The van der Waals surface area contributed by atoms with Crippen LogP contribution in [0.15, 0.2) is 53.9 Å². The minimum Gasteiger partial charge on any atom is -0.493 e. The average molecular weight is 418 g/mol. The van der Waals surface area contributed by atoms with Gasteiger partial charge in [0.25, 0.3) is 5.91 Å². The number of nitrogens with zero attached hydrogens (tertiary/aromatic N) is 3. The van der Waals surface area contributed by atoms with E-state index in [0.29, 0.717) is 27.0 Å². The molecule has 1 heterocycles. The largest absolute Gasteiger partial charge is 0.493 e. The molecule has 3 aromatic rings. The van der Waals surface area contributed by atoms with Crippen molar-refractivity contribution in [3.63, 3.8) is 0 Å². The van der Waals surface area contributed by atoms with E-state index in [2.05, 4.69) is 20.6 Å². The summed E-state index contributed by atoms with van der Waals surface area (Å²) in [7, 11) is 1.52. The second kappa shape index (κ2) is 9.16. The highest BCUT2D eigenvalue weighted by molar-refractivity contribution is 7.71. The van der Waals surface area contributed by atoms with Crippen LogP contribution in [-0.4, -0.2) is 40.7 Å². The third-order valence-corrected chi connectivity index (χ3v) is 4.03. The van der Waals surface area contributed by atoms with Crippen LogP contribution in [0.2, 0.25) is 5.02 Å². The van der Waals surface area contributed by atoms with Gasteiger partial charge in [0.1, 0.15) is 6.33 Å². The molecule has 1 aromatic heterocycles. The Kier molecular flexibility index (Phi) is 6.41. The number of halogens is 1. The molecule has 2 aromatic carbocycles. The lowest BCUT2D eigenvalue weighted by atomic mass is 10.2. The van der Waals surface area contributed by atoms with Crippen molar-refractivity contribution >= 4 is 41.6 Å². The van der Waals surface area contributed by atoms with Crippen molar-refractivity contribution in [1.29, 1.82) is 0 Å². The number of ether oxygens (including phenoxy) is 2. The molecule has 0 atom stereocenters. The summed E-state index contributed by atoms with van der Waals surface area (Å²) in [6.07, 6.45) is 3.07. The van der Waals surface area contributed by atoms with Crippen LogP contribution >= 0.6 is 23.8 Å². The number of methoxy groups -OCH3 is 1. The molecule has 0 bridgehead atoms. The second-order valence-corrected chi connectivity index (χ2v) is 6.33. The Morgan fingerprint density at radius 2 is 2.21 bits per heavy atom. The van der Waals surface area contributed by atoms with Gasteiger partial charge in [-0.3, -0.25) is 9.89 Å². The van der Waals surface area contributed by atoms with Crippen LogP contribution in [-0.2, 0) is 4.79 Å². The molecule has 8 nitrogen and oxygen atoms in total. The number of anilines is 1. The maximum absolute atomic E-state index is 12.1. The van der Waals surface area contributed by atoms with Crippen LogP contribution in [0.1, 0.15) is 5.56 Å². The summed E-state index contributed by atoms with van der Waals surface area (Å²) >= 11 is 10.9. The van der Waals surface area contributed by atoms with Crippen LogP contribution in [0.4, 0.5) is 5.69 Å². The summed E-state index contributed by atoms with van der Waals surface area (Å²) in [6.45, 7) is -0.180. The molecule has 0 aliphatic rings. The second-order valence-electron chi connectivity index (χ2n) is 5.51. The zero-order valence-corrected chi connectivity index (χ0v) is 16.3. The number of benzene rings is 2. The lowest BCUT2D eigenvalue weighted by Gasteiger charge is -2.11. The van der Waals surface area contributed by atoms with E-state index in [1.54, 1.807) is 48.7 Å². The smallest absolute Gasteiger partial charge is 0.262 e. The van der Waals surface area contributed by atoms with Gasteiger partial charge in [-0.15, -0.1) is 0 Å². The van der Waals surface area contributed by atoms with E-state index >= 15 is 0 Å². The number of rotatable bonds is 7. The van der Waals surface area contributed by atoms with Gasteiger partial charge in [0.2, 0.25) is 4.77 Å². The Hall–Kier alpha value is -3.17. The summed E-state index contributed by atoms with van der Waals surface area (Å²) in [5, 5.41) is 13.8. The highest BCUT2D eigenvalue weighted by atomic mass is 35.5. The van der Waals surface area contributed by atoms with Crippen LogP contribution in [0.3, 0.4) is 0 Å². The van der Waals surface area contributed by atoms with Crippen LogP contribution in [0.5, 0.6) is 11.5 Å². The van der Waals surface area contributed by atoms with Gasteiger partial charge in [-0.05, 0) is 54.2 Å². The molecule has 3 rings (SSSR count). The SMILES string of the molecule is COc1cc(/C=N/n2cn[nH]c2=S)ccc1OCC(=O)Nc1cccc(Cl)c1. The molecule has 2 N–H and O–H groups in total. The predicted octanol–water partition coefficient (Wildman–Crippen LogP) is 3.50. The van der Waals surface area contributed by atoms with E-state index in [9.17, 15) is 4.79 Å². The summed E-state index contributed by atoms with van der Waals surface area (Å²) in [6, 6.07) is 12.1. The van der Waals surface area contributed by atoms with Gasteiger partial charge in [-0.25, -0.2) is 0 Å². The first-order valence-corrected chi connectivity index (χ1v) is 8.86. The van der Waals surface area contributed by atoms with Crippen LogP contribution < -0.4 is 14.8 Å². The highest BCUT2D eigenvalue weighted by Crippen LogP contribution is 2.27. The number of hydrogen-bond donors (Lipinski definition) is 2. The molecule has 0 unspecified atom stereocenters. The number of amides is 1. The number of nitrogens with one attached hydrogen (secondary N) is 2. The fourth-order valence-corrected chi connectivity index (χ4v) is 2.58.